The number of aromatic nitrogens is 2. The molecule has 0 amide bonds. The number of methoxy groups -OCH3 is 1. The van der Waals surface area contributed by atoms with Gasteiger partial charge in [0.2, 0.25) is 0 Å². The predicted molar refractivity (Wildman–Crippen MR) is 96.6 cm³/mol. The van der Waals surface area contributed by atoms with Gasteiger partial charge in [-0.15, -0.1) is 0 Å². The van der Waals surface area contributed by atoms with Gasteiger partial charge in [0.15, 0.2) is 11.5 Å². The minimum absolute atomic E-state index is 0.746. The van der Waals surface area contributed by atoms with Crippen LogP contribution >= 0.6 is 0 Å². The van der Waals surface area contributed by atoms with E-state index in [4.69, 9.17) is 9.47 Å². The minimum Gasteiger partial charge on any atom is -0.493 e. The zero-order chi connectivity index (χ0) is 17.0. The zero-order valence-electron chi connectivity index (χ0n) is 14.8. The summed E-state index contributed by atoms with van der Waals surface area (Å²) in [5.41, 5.74) is 1.20. The molecule has 5 nitrogen and oxygen atoms in total. The Bertz CT molecular complexity index is 570. The molecule has 1 N–H and O–H groups in total. The Morgan fingerprint density at radius 2 is 2.08 bits per heavy atom. The molecule has 1 aromatic heterocycles. The molecule has 0 fully saturated rings. The maximum atomic E-state index is 5.82. The fourth-order valence-electron chi connectivity index (χ4n) is 2.51. The third-order valence-electron chi connectivity index (χ3n) is 3.89. The van der Waals surface area contributed by atoms with Gasteiger partial charge in [-0.3, -0.25) is 0 Å². The highest BCUT2D eigenvalue weighted by Gasteiger charge is 2.05. The second kappa shape index (κ2) is 10.7. The molecule has 0 aliphatic heterocycles. The van der Waals surface area contributed by atoms with E-state index < -0.39 is 0 Å². The van der Waals surface area contributed by atoms with E-state index in [1.54, 1.807) is 7.11 Å². The lowest BCUT2D eigenvalue weighted by Crippen LogP contribution is -2.16. The first-order valence-electron chi connectivity index (χ1n) is 8.79. The van der Waals surface area contributed by atoms with Crippen LogP contribution in [0.1, 0.15) is 38.2 Å². The van der Waals surface area contributed by atoms with Crippen LogP contribution in [-0.4, -0.2) is 29.8 Å². The quantitative estimate of drug-likeness (QED) is 0.603. The Morgan fingerprint density at radius 1 is 1.17 bits per heavy atom. The van der Waals surface area contributed by atoms with E-state index in [1.165, 1.54) is 18.4 Å². The molecule has 0 aliphatic rings. The Balaban J connectivity index is 1.72. The highest BCUT2D eigenvalue weighted by molar-refractivity contribution is 5.42. The number of hydrogen-bond acceptors (Lipinski definition) is 4. The molecule has 24 heavy (non-hydrogen) atoms. The van der Waals surface area contributed by atoms with Crippen LogP contribution in [0, 0.1) is 0 Å². The fraction of sp³-hybridized carbons (Fsp3) is 0.526. The number of rotatable bonds is 12. The molecule has 1 heterocycles. The van der Waals surface area contributed by atoms with Crippen molar-refractivity contribution in [3.8, 4) is 11.5 Å². The molecule has 0 aliphatic carbocycles. The minimum atomic E-state index is 0.746. The summed E-state index contributed by atoms with van der Waals surface area (Å²) >= 11 is 0. The number of aryl methyl sites for hydroxylation is 1. The van der Waals surface area contributed by atoms with Gasteiger partial charge in [0.25, 0.3) is 0 Å². The average molecular weight is 331 g/mol. The molecule has 0 bridgehead atoms. The third-order valence-corrected chi connectivity index (χ3v) is 3.89. The first kappa shape index (κ1) is 18.3. The van der Waals surface area contributed by atoms with Crippen LogP contribution in [0.4, 0.5) is 0 Å². The number of hydrogen-bond donors (Lipinski definition) is 1. The van der Waals surface area contributed by atoms with Crippen molar-refractivity contribution in [3.05, 3.63) is 42.5 Å². The van der Waals surface area contributed by atoms with Gasteiger partial charge in [0.05, 0.1) is 20.0 Å². The molecule has 0 saturated heterocycles. The van der Waals surface area contributed by atoms with Crippen LogP contribution in [0.15, 0.2) is 36.9 Å². The second-order valence-corrected chi connectivity index (χ2v) is 5.87. The molecule has 0 radical (unpaired) electrons. The van der Waals surface area contributed by atoms with Crippen molar-refractivity contribution in [2.24, 2.45) is 0 Å². The number of ether oxygens (including phenoxy) is 2. The maximum absolute atomic E-state index is 5.82. The molecule has 5 heteroatoms. The highest BCUT2D eigenvalue weighted by atomic mass is 16.5. The molecule has 0 atom stereocenters. The first-order valence-corrected chi connectivity index (χ1v) is 8.79. The van der Waals surface area contributed by atoms with Gasteiger partial charge in [-0.1, -0.05) is 25.8 Å². The highest BCUT2D eigenvalue weighted by Crippen LogP contribution is 2.28. The van der Waals surface area contributed by atoms with Gasteiger partial charge in [0, 0.05) is 25.5 Å². The summed E-state index contributed by atoms with van der Waals surface area (Å²) in [6, 6.07) is 6.16. The van der Waals surface area contributed by atoms with E-state index in [9.17, 15) is 0 Å². The molecular formula is C19H29N3O2. The lowest BCUT2D eigenvalue weighted by atomic mass is 10.2. The summed E-state index contributed by atoms with van der Waals surface area (Å²) in [4.78, 5) is 4.04. The Kier molecular flexibility index (Phi) is 8.18. The smallest absolute Gasteiger partial charge is 0.161 e. The first-order chi connectivity index (χ1) is 11.8. The summed E-state index contributed by atoms with van der Waals surface area (Å²) in [5.74, 6) is 1.64. The standard InChI is InChI=1S/C19H29N3O2/c1-3-4-5-13-24-18-8-7-17(14-19(18)23-2)15-20-9-6-11-22-12-10-21-16-22/h7-8,10,12,14,16,20H,3-6,9,11,13,15H2,1-2H3. The molecule has 132 valence electrons. The normalized spacial score (nSPS) is 10.8. The van der Waals surface area contributed by atoms with Crippen molar-refractivity contribution in [1.82, 2.24) is 14.9 Å². The van der Waals surface area contributed by atoms with E-state index in [0.29, 0.717) is 0 Å². The van der Waals surface area contributed by atoms with Crippen LogP contribution in [0.5, 0.6) is 11.5 Å². The van der Waals surface area contributed by atoms with Crippen molar-refractivity contribution in [2.75, 3.05) is 20.3 Å². The molecule has 0 saturated carbocycles. The molecule has 0 unspecified atom stereocenters. The zero-order valence-corrected chi connectivity index (χ0v) is 14.8. The van der Waals surface area contributed by atoms with Crippen molar-refractivity contribution in [2.45, 2.75) is 45.7 Å². The molecule has 2 rings (SSSR count). The Hall–Kier alpha value is -2.01. The van der Waals surface area contributed by atoms with Gasteiger partial charge >= 0.3 is 0 Å². The SMILES string of the molecule is CCCCCOc1ccc(CNCCCn2ccnc2)cc1OC. The van der Waals surface area contributed by atoms with E-state index in [2.05, 4.69) is 33.9 Å². The van der Waals surface area contributed by atoms with Crippen molar-refractivity contribution in [3.63, 3.8) is 0 Å². The predicted octanol–water partition coefficient (Wildman–Crippen LogP) is 3.64. The maximum Gasteiger partial charge on any atom is 0.161 e. The Morgan fingerprint density at radius 3 is 2.83 bits per heavy atom. The van der Waals surface area contributed by atoms with Crippen molar-refractivity contribution >= 4 is 0 Å². The van der Waals surface area contributed by atoms with Crippen molar-refractivity contribution < 1.29 is 9.47 Å². The number of unbranched alkanes of at least 4 members (excludes halogenated alkanes) is 2. The van der Waals surface area contributed by atoms with E-state index in [1.807, 2.05) is 24.8 Å². The van der Waals surface area contributed by atoms with Gasteiger partial charge in [-0.25, -0.2) is 4.98 Å². The topological polar surface area (TPSA) is 48.3 Å². The van der Waals surface area contributed by atoms with Crippen LogP contribution < -0.4 is 14.8 Å². The monoisotopic (exact) mass is 331 g/mol. The summed E-state index contributed by atoms with van der Waals surface area (Å²) in [6.07, 6.45) is 10.2. The Labute approximate surface area is 145 Å². The van der Waals surface area contributed by atoms with Crippen LogP contribution in [0.25, 0.3) is 0 Å². The van der Waals surface area contributed by atoms with Gasteiger partial charge < -0.3 is 19.4 Å². The van der Waals surface area contributed by atoms with Gasteiger partial charge in [-0.05, 0) is 37.1 Å². The van der Waals surface area contributed by atoms with E-state index in [0.717, 1.165) is 50.6 Å². The molecule has 2 aromatic rings. The fourth-order valence-corrected chi connectivity index (χ4v) is 2.51. The number of imidazole rings is 1. The molecule has 0 spiro atoms. The van der Waals surface area contributed by atoms with Gasteiger partial charge in [-0.2, -0.15) is 0 Å². The lowest BCUT2D eigenvalue weighted by molar-refractivity contribution is 0.286. The van der Waals surface area contributed by atoms with E-state index in [-0.39, 0.29) is 0 Å². The third kappa shape index (κ3) is 6.24. The van der Waals surface area contributed by atoms with Gasteiger partial charge in [0.1, 0.15) is 0 Å². The summed E-state index contributed by atoms with van der Waals surface area (Å²) in [5, 5.41) is 3.46. The number of nitrogens with zero attached hydrogens (tertiary/aromatic N) is 2. The number of nitrogens with one attached hydrogen (secondary N) is 1. The van der Waals surface area contributed by atoms with E-state index >= 15 is 0 Å². The lowest BCUT2D eigenvalue weighted by Gasteiger charge is -2.12. The summed E-state index contributed by atoms with van der Waals surface area (Å²) in [7, 11) is 1.69. The average Bonchev–Trinajstić information content (AvgIpc) is 3.12. The molecule has 1 aromatic carbocycles. The second-order valence-electron chi connectivity index (χ2n) is 5.87. The summed E-state index contributed by atoms with van der Waals surface area (Å²) < 4.78 is 13.4. The van der Waals surface area contributed by atoms with Crippen LogP contribution in [0.3, 0.4) is 0 Å². The number of benzene rings is 1. The largest absolute Gasteiger partial charge is 0.493 e. The van der Waals surface area contributed by atoms with Crippen LogP contribution in [0.2, 0.25) is 0 Å². The van der Waals surface area contributed by atoms with Crippen LogP contribution in [-0.2, 0) is 13.1 Å². The molecular weight excluding hydrogens is 302 g/mol. The van der Waals surface area contributed by atoms with Crippen molar-refractivity contribution in [1.29, 1.82) is 0 Å². The summed E-state index contributed by atoms with van der Waals surface area (Å²) in [6.45, 7) is 5.72.